The standard InChI is InChI=1S/C25H24N2O3.H2/c1-15-5-4-6-18(11-15)20-13-26-23(17(3)16(20)2)27-24(28)25(9-10-25)19-7-8-21-22(12-19)30-14-29-21;/h4-8,11-13H,9-10,14H2,1-3H3,(H,26,27,28);1H. The number of hydrogen-bond donors (Lipinski definition) is 1. The van der Waals surface area contributed by atoms with Gasteiger partial charge in [-0.05, 0) is 68.0 Å². The van der Waals surface area contributed by atoms with Crippen molar-refractivity contribution in [1.29, 1.82) is 0 Å². The van der Waals surface area contributed by atoms with Gasteiger partial charge in [0.2, 0.25) is 12.7 Å². The molecule has 154 valence electrons. The fourth-order valence-electron chi connectivity index (χ4n) is 4.13. The smallest absolute Gasteiger partial charge is 0.236 e. The highest BCUT2D eigenvalue weighted by Gasteiger charge is 2.52. The lowest BCUT2D eigenvalue weighted by atomic mass is 9.94. The highest BCUT2D eigenvalue weighted by Crippen LogP contribution is 2.51. The van der Waals surface area contributed by atoms with Crippen LogP contribution in [-0.4, -0.2) is 17.7 Å². The molecule has 1 saturated carbocycles. The second-order valence-electron chi connectivity index (χ2n) is 8.24. The van der Waals surface area contributed by atoms with Crippen molar-refractivity contribution in [3.05, 3.63) is 70.9 Å². The largest absolute Gasteiger partial charge is 0.454 e. The second-order valence-corrected chi connectivity index (χ2v) is 8.24. The maximum absolute atomic E-state index is 13.2. The minimum Gasteiger partial charge on any atom is -0.454 e. The van der Waals surface area contributed by atoms with E-state index in [1.54, 1.807) is 0 Å². The first kappa shape index (κ1) is 18.7. The summed E-state index contributed by atoms with van der Waals surface area (Å²) in [4.78, 5) is 17.8. The summed E-state index contributed by atoms with van der Waals surface area (Å²) in [6.07, 6.45) is 3.49. The van der Waals surface area contributed by atoms with E-state index in [1.807, 2.05) is 31.3 Å². The van der Waals surface area contributed by atoms with Crippen LogP contribution in [0.15, 0.2) is 48.7 Å². The lowest BCUT2D eigenvalue weighted by Crippen LogP contribution is -2.28. The monoisotopic (exact) mass is 402 g/mol. The van der Waals surface area contributed by atoms with Crippen molar-refractivity contribution in [2.24, 2.45) is 0 Å². The van der Waals surface area contributed by atoms with Crippen LogP contribution >= 0.6 is 0 Å². The zero-order chi connectivity index (χ0) is 20.9. The number of aryl methyl sites for hydroxylation is 1. The first-order valence-electron chi connectivity index (χ1n) is 10.2. The van der Waals surface area contributed by atoms with Crippen molar-refractivity contribution < 1.29 is 15.7 Å². The average molecular weight is 402 g/mol. The van der Waals surface area contributed by atoms with Gasteiger partial charge in [-0.1, -0.05) is 35.9 Å². The van der Waals surface area contributed by atoms with Crippen LogP contribution in [-0.2, 0) is 10.2 Å². The number of aromatic nitrogens is 1. The summed E-state index contributed by atoms with van der Waals surface area (Å²) < 4.78 is 10.9. The first-order valence-corrected chi connectivity index (χ1v) is 10.2. The van der Waals surface area contributed by atoms with Gasteiger partial charge in [-0.2, -0.15) is 0 Å². The van der Waals surface area contributed by atoms with Crippen LogP contribution in [0.1, 0.15) is 36.5 Å². The third-order valence-corrected chi connectivity index (χ3v) is 6.32. The van der Waals surface area contributed by atoms with E-state index in [4.69, 9.17) is 9.47 Å². The molecule has 1 amide bonds. The summed E-state index contributed by atoms with van der Waals surface area (Å²) in [5.74, 6) is 2.05. The minimum absolute atomic E-state index is 0. The number of fused-ring (bicyclic) bond motifs is 1. The minimum atomic E-state index is -0.516. The molecule has 5 heteroatoms. The van der Waals surface area contributed by atoms with Gasteiger partial charge >= 0.3 is 0 Å². The molecule has 0 atom stereocenters. The van der Waals surface area contributed by atoms with Crippen molar-refractivity contribution in [2.75, 3.05) is 12.1 Å². The normalized spacial score (nSPS) is 15.7. The molecule has 0 spiro atoms. The lowest BCUT2D eigenvalue weighted by molar-refractivity contribution is -0.118. The Morgan fingerprint density at radius 2 is 1.83 bits per heavy atom. The van der Waals surface area contributed by atoms with Crippen LogP contribution in [0, 0.1) is 20.8 Å². The molecule has 2 aliphatic rings. The van der Waals surface area contributed by atoms with Crippen molar-refractivity contribution in [3.8, 4) is 22.6 Å². The molecule has 0 radical (unpaired) electrons. The predicted molar refractivity (Wildman–Crippen MR) is 118 cm³/mol. The molecule has 2 aromatic carbocycles. The average Bonchev–Trinajstić information content (AvgIpc) is 3.42. The van der Waals surface area contributed by atoms with Crippen LogP contribution in [0.25, 0.3) is 11.1 Å². The number of carbonyl (C=O) groups is 1. The molecule has 1 aliphatic carbocycles. The Kier molecular flexibility index (Phi) is 4.28. The summed E-state index contributed by atoms with van der Waals surface area (Å²) in [6.45, 7) is 6.40. The Bertz CT molecular complexity index is 1170. The van der Waals surface area contributed by atoms with Crippen LogP contribution in [0.4, 0.5) is 5.82 Å². The number of anilines is 1. The number of nitrogens with one attached hydrogen (secondary N) is 1. The summed E-state index contributed by atoms with van der Waals surface area (Å²) in [5, 5.41) is 3.09. The predicted octanol–water partition coefficient (Wildman–Crippen LogP) is 5.32. The zero-order valence-electron chi connectivity index (χ0n) is 17.4. The van der Waals surface area contributed by atoms with E-state index in [0.717, 1.165) is 46.4 Å². The van der Waals surface area contributed by atoms with Crippen LogP contribution in [0.3, 0.4) is 0 Å². The van der Waals surface area contributed by atoms with Gasteiger partial charge < -0.3 is 14.8 Å². The second kappa shape index (κ2) is 6.87. The molecule has 1 aliphatic heterocycles. The van der Waals surface area contributed by atoms with Crippen molar-refractivity contribution in [3.63, 3.8) is 0 Å². The van der Waals surface area contributed by atoms with Crippen molar-refractivity contribution >= 4 is 11.7 Å². The molecule has 1 N–H and O–H groups in total. The highest BCUT2D eigenvalue weighted by molar-refractivity contribution is 6.01. The number of ether oxygens (including phenoxy) is 2. The summed E-state index contributed by atoms with van der Waals surface area (Å²) in [5.41, 5.74) is 6.00. The molecule has 5 rings (SSSR count). The quantitative estimate of drug-likeness (QED) is 0.642. The topological polar surface area (TPSA) is 60.5 Å². The maximum Gasteiger partial charge on any atom is 0.236 e. The van der Waals surface area contributed by atoms with Crippen LogP contribution in [0.5, 0.6) is 11.5 Å². The van der Waals surface area contributed by atoms with Crippen molar-refractivity contribution in [1.82, 2.24) is 4.98 Å². The van der Waals surface area contributed by atoms with E-state index < -0.39 is 5.41 Å². The van der Waals surface area contributed by atoms with Gasteiger partial charge in [-0.3, -0.25) is 4.79 Å². The summed E-state index contributed by atoms with van der Waals surface area (Å²) >= 11 is 0. The summed E-state index contributed by atoms with van der Waals surface area (Å²) in [7, 11) is 0. The van der Waals surface area contributed by atoms with E-state index in [1.165, 1.54) is 5.56 Å². The third kappa shape index (κ3) is 3.02. The Balaban J connectivity index is 0.00000231. The number of carbonyl (C=O) groups excluding carboxylic acids is 1. The molecule has 2 heterocycles. The van der Waals surface area contributed by atoms with Crippen molar-refractivity contribution in [2.45, 2.75) is 39.0 Å². The highest BCUT2D eigenvalue weighted by atomic mass is 16.7. The Morgan fingerprint density at radius 3 is 2.60 bits per heavy atom. The fraction of sp³-hybridized carbons (Fsp3) is 0.280. The molecule has 0 saturated heterocycles. The van der Waals surface area contributed by atoms with E-state index in [0.29, 0.717) is 11.6 Å². The number of pyridine rings is 1. The Morgan fingerprint density at radius 1 is 1.03 bits per heavy atom. The molecular formula is C25H26N2O3. The van der Waals surface area contributed by atoms with Gasteiger partial charge in [0.15, 0.2) is 11.5 Å². The van der Waals surface area contributed by atoms with E-state index in [-0.39, 0.29) is 14.1 Å². The molecular weight excluding hydrogens is 376 g/mol. The molecule has 5 nitrogen and oxygen atoms in total. The molecule has 0 bridgehead atoms. The Labute approximate surface area is 177 Å². The van der Waals surface area contributed by atoms with Gasteiger partial charge in [-0.15, -0.1) is 0 Å². The fourth-order valence-corrected chi connectivity index (χ4v) is 4.13. The first-order chi connectivity index (χ1) is 14.5. The van der Waals surface area contributed by atoms with E-state index in [9.17, 15) is 4.79 Å². The van der Waals surface area contributed by atoms with Gasteiger partial charge in [0.25, 0.3) is 0 Å². The van der Waals surface area contributed by atoms with Gasteiger partial charge in [0.1, 0.15) is 5.82 Å². The number of amides is 1. The third-order valence-electron chi connectivity index (χ3n) is 6.32. The van der Waals surface area contributed by atoms with Gasteiger partial charge in [0, 0.05) is 13.2 Å². The molecule has 30 heavy (non-hydrogen) atoms. The van der Waals surface area contributed by atoms with Crippen LogP contribution < -0.4 is 14.8 Å². The summed E-state index contributed by atoms with van der Waals surface area (Å²) in [6, 6.07) is 14.2. The zero-order valence-corrected chi connectivity index (χ0v) is 17.4. The van der Waals surface area contributed by atoms with E-state index in [2.05, 4.69) is 48.4 Å². The molecule has 0 unspecified atom stereocenters. The number of rotatable bonds is 4. The van der Waals surface area contributed by atoms with Gasteiger partial charge in [0.05, 0.1) is 5.41 Å². The van der Waals surface area contributed by atoms with Crippen LogP contribution in [0.2, 0.25) is 0 Å². The lowest BCUT2D eigenvalue weighted by Gasteiger charge is -2.18. The van der Waals surface area contributed by atoms with Gasteiger partial charge in [-0.25, -0.2) is 4.98 Å². The number of nitrogens with zero attached hydrogens (tertiary/aromatic N) is 1. The number of benzene rings is 2. The number of hydrogen-bond acceptors (Lipinski definition) is 4. The molecule has 1 fully saturated rings. The molecule has 1 aromatic heterocycles. The van der Waals surface area contributed by atoms with E-state index >= 15 is 0 Å². The Hall–Kier alpha value is -3.34. The maximum atomic E-state index is 13.2. The molecule has 3 aromatic rings. The SMILES string of the molecule is Cc1cccc(-c2cnc(NC(=O)C3(c4ccc5c(c4)OCO5)CC3)c(C)c2C)c1.[HH].